The number of piperidine rings is 1. The average Bonchev–Trinajstić information content (AvgIpc) is 2.47. The van der Waals surface area contributed by atoms with Crippen LogP contribution in [0.5, 0.6) is 0 Å². The molecule has 1 aromatic carbocycles. The van der Waals surface area contributed by atoms with E-state index in [1.54, 1.807) is 6.07 Å². The number of hydrogen-bond acceptors (Lipinski definition) is 1. The Morgan fingerprint density at radius 2 is 2.00 bits per heavy atom. The van der Waals surface area contributed by atoms with Crippen molar-refractivity contribution in [3.8, 4) is 0 Å². The Hall–Kier alpha value is -1.38. The summed E-state index contributed by atoms with van der Waals surface area (Å²) in [5.41, 5.74) is 1.09. The number of rotatable bonds is 1. The van der Waals surface area contributed by atoms with E-state index in [1.807, 2.05) is 17.9 Å². The van der Waals surface area contributed by atoms with E-state index in [-0.39, 0.29) is 17.3 Å². The molecule has 0 radical (unpaired) electrons. The van der Waals surface area contributed by atoms with Crippen molar-refractivity contribution in [1.82, 2.24) is 4.90 Å². The fourth-order valence-corrected chi connectivity index (χ4v) is 4.11. The van der Waals surface area contributed by atoms with E-state index in [0.717, 1.165) is 24.9 Å². The fourth-order valence-electron chi connectivity index (χ4n) is 4.11. The molecular formula is C18H24FNO. The van der Waals surface area contributed by atoms with Gasteiger partial charge in [0.2, 0.25) is 0 Å². The highest BCUT2D eigenvalue weighted by Gasteiger charge is 2.39. The highest BCUT2D eigenvalue weighted by molar-refractivity contribution is 5.94. The van der Waals surface area contributed by atoms with Crippen molar-refractivity contribution in [2.75, 3.05) is 6.54 Å². The van der Waals surface area contributed by atoms with Gasteiger partial charge in [0.1, 0.15) is 5.82 Å². The third-order valence-corrected chi connectivity index (χ3v) is 5.35. The van der Waals surface area contributed by atoms with Gasteiger partial charge in [-0.25, -0.2) is 4.39 Å². The van der Waals surface area contributed by atoms with Crippen LogP contribution in [0.1, 0.15) is 54.9 Å². The lowest BCUT2D eigenvalue weighted by atomic mass is 9.72. The van der Waals surface area contributed by atoms with Gasteiger partial charge in [-0.05, 0) is 55.7 Å². The van der Waals surface area contributed by atoms with E-state index in [9.17, 15) is 9.18 Å². The standard InChI is InChI=1S/C18H24FNO/c1-12-7-8-15(16(19)11-12)18(21)20-10-9-13(2)14-5-3-4-6-17(14)20/h7-8,11,13-14,17H,3-6,9-10H2,1-2H3. The third kappa shape index (κ3) is 2.70. The predicted molar refractivity (Wildman–Crippen MR) is 81.7 cm³/mol. The summed E-state index contributed by atoms with van der Waals surface area (Å²) >= 11 is 0. The van der Waals surface area contributed by atoms with Gasteiger partial charge in [-0.2, -0.15) is 0 Å². The van der Waals surface area contributed by atoms with Crippen LogP contribution in [0.25, 0.3) is 0 Å². The molecule has 2 nitrogen and oxygen atoms in total. The van der Waals surface area contributed by atoms with Crippen molar-refractivity contribution in [2.24, 2.45) is 11.8 Å². The van der Waals surface area contributed by atoms with E-state index in [1.165, 1.54) is 25.3 Å². The largest absolute Gasteiger partial charge is 0.335 e. The smallest absolute Gasteiger partial charge is 0.257 e. The molecule has 21 heavy (non-hydrogen) atoms. The van der Waals surface area contributed by atoms with Gasteiger partial charge in [-0.1, -0.05) is 25.8 Å². The quantitative estimate of drug-likeness (QED) is 0.759. The second kappa shape index (κ2) is 5.78. The molecule has 114 valence electrons. The molecule has 1 aliphatic heterocycles. The summed E-state index contributed by atoms with van der Waals surface area (Å²) in [5, 5.41) is 0. The van der Waals surface area contributed by atoms with Gasteiger partial charge in [0.25, 0.3) is 5.91 Å². The minimum Gasteiger partial charge on any atom is -0.335 e. The first-order chi connectivity index (χ1) is 10.1. The highest BCUT2D eigenvalue weighted by Crippen LogP contribution is 2.39. The summed E-state index contributed by atoms with van der Waals surface area (Å²) < 4.78 is 14.1. The minimum absolute atomic E-state index is 0.115. The number of amides is 1. The number of nitrogens with zero attached hydrogens (tertiary/aromatic N) is 1. The number of carbonyl (C=O) groups excluding carboxylic acids is 1. The Balaban J connectivity index is 1.86. The number of carbonyl (C=O) groups is 1. The third-order valence-electron chi connectivity index (χ3n) is 5.35. The van der Waals surface area contributed by atoms with E-state index in [4.69, 9.17) is 0 Å². The first-order valence-corrected chi connectivity index (χ1v) is 8.15. The van der Waals surface area contributed by atoms with E-state index in [2.05, 4.69) is 6.92 Å². The molecule has 3 rings (SSSR count). The van der Waals surface area contributed by atoms with Gasteiger partial charge >= 0.3 is 0 Å². The predicted octanol–water partition coefficient (Wildman–Crippen LogP) is 4.17. The lowest BCUT2D eigenvalue weighted by Gasteiger charge is -2.47. The van der Waals surface area contributed by atoms with Crippen molar-refractivity contribution in [1.29, 1.82) is 0 Å². The molecule has 1 aliphatic carbocycles. The number of fused-ring (bicyclic) bond motifs is 1. The normalized spacial score (nSPS) is 29.1. The van der Waals surface area contributed by atoms with Gasteiger partial charge < -0.3 is 4.90 Å². The topological polar surface area (TPSA) is 20.3 Å². The fraction of sp³-hybridized carbons (Fsp3) is 0.611. The number of aryl methyl sites for hydroxylation is 1. The molecule has 3 atom stereocenters. The van der Waals surface area contributed by atoms with E-state index >= 15 is 0 Å². The molecule has 2 aliphatic rings. The highest BCUT2D eigenvalue weighted by atomic mass is 19.1. The second-order valence-electron chi connectivity index (χ2n) is 6.76. The molecule has 3 unspecified atom stereocenters. The van der Waals surface area contributed by atoms with Crippen LogP contribution >= 0.6 is 0 Å². The zero-order valence-electron chi connectivity index (χ0n) is 12.9. The van der Waals surface area contributed by atoms with Crippen molar-refractivity contribution in [3.05, 3.63) is 35.1 Å². The lowest BCUT2D eigenvalue weighted by Crippen LogP contribution is -2.52. The van der Waals surface area contributed by atoms with Crippen molar-refractivity contribution < 1.29 is 9.18 Å². The number of benzene rings is 1. The molecule has 1 amide bonds. The minimum atomic E-state index is -0.383. The lowest BCUT2D eigenvalue weighted by molar-refractivity contribution is 0.0214. The average molecular weight is 289 g/mol. The summed E-state index contributed by atoms with van der Waals surface area (Å²) in [6.07, 6.45) is 5.79. The Bertz CT molecular complexity index is 542. The number of halogens is 1. The molecule has 2 fully saturated rings. The van der Waals surface area contributed by atoms with Crippen LogP contribution < -0.4 is 0 Å². The van der Waals surface area contributed by atoms with Crippen LogP contribution in [-0.4, -0.2) is 23.4 Å². The van der Waals surface area contributed by atoms with Gasteiger partial charge in [0, 0.05) is 12.6 Å². The maximum atomic E-state index is 14.1. The molecule has 0 bridgehead atoms. The van der Waals surface area contributed by atoms with Crippen molar-refractivity contribution >= 4 is 5.91 Å². The van der Waals surface area contributed by atoms with Crippen LogP contribution in [0.3, 0.4) is 0 Å². The van der Waals surface area contributed by atoms with Crippen LogP contribution in [0.2, 0.25) is 0 Å². The molecule has 0 N–H and O–H groups in total. The summed E-state index contributed by atoms with van der Waals surface area (Å²) in [6.45, 7) is 4.92. The summed E-state index contributed by atoms with van der Waals surface area (Å²) in [4.78, 5) is 14.7. The molecular weight excluding hydrogens is 265 g/mol. The summed E-state index contributed by atoms with van der Waals surface area (Å²) in [5.74, 6) is 0.787. The second-order valence-corrected chi connectivity index (χ2v) is 6.76. The Kier molecular flexibility index (Phi) is 4.01. The zero-order chi connectivity index (χ0) is 15.0. The van der Waals surface area contributed by atoms with Gasteiger partial charge in [0.05, 0.1) is 5.56 Å². The maximum absolute atomic E-state index is 14.1. The first-order valence-electron chi connectivity index (χ1n) is 8.15. The zero-order valence-corrected chi connectivity index (χ0v) is 12.9. The van der Waals surface area contributed by atoms with Gasteiger partial charge in [0.15, 0.2) is 0 Å². The SMILES string of the molecule is Cc1ccc(C(=O)N2CCC(C)C3CCCCC32)c(F)c1. The molecule has 1 heterocycles. The Labute approximate surface area is 126 Å². The van der Waals surface area contributed by atoms with Crippen LogP contribution in [0, 0.1) is 24.6 Å². The van der Waals surface area contributed by atoms with Crippen LogP contribution in [0.4, 0.5) is 4.39 Å². The maximum Gasteiger partial charge on any atom is 0.257 e. The number of likely N-dealkylation sites (tertiary alicyclic amines) is 1. The van der Waals surface area contributed by atoms with Gasteiger partial charge in [-0.15, -0.1) is 0 Å². The summed E-state index contributed by atoms with van der Waals surface area (Å²) in [7, 11) is 0. The molecule has 1 saturated heterocycles. The molecule has 0 aromatic heterocycles. The molecule has 0 spiro atoms. The van der Waals surface area contributed by atoms with E-state index < -0.39 is 0 Å². The first kappa shape index (κ1) is 14.6. The van der Waals surface area contributed by atoms with Crippen LogP contribution in [-0.2, 0) is 0 Å². The van der Waals surface area contributed by atoms with Crippen molar-refractivity contribution in [2.45, 2.75) is 52.0 Å². The Morgan fingerprint density at radius 1 is 1.24 bits per heavy atom. The van der Waals surface area contributed by atoms with Crippen molar-refractivity contribution in [3.63, 3.8) is 0 Å². The molecule has 3 heteroatoms. The number of hydrogen-bond donors (Lipinski definition) is 0. The van der Waals surface area contributed by atoms with E-state index in [0.29, 0.717) is 17.9 Å². The Morgan fingerprint density at radius 3 is 2.76 bits per heavy atom. The molecule has 1 aromatic rings. The van der Waals surface area contributed by atoms with Crippen LogP contribution in [0.15, 0.2) is 18.2 Å². The molecule has 1 saturated carbocycles. The summed E-state index contributed by atoms with van der Waals surface area (Å²) in [6, 6.07) is 5.23. The monoisotopic (exact) mass is 289 g/mol. The van der Waals surface area contributed by atoms with Gasteiger partial charge in [-0.3, -0.25) is 4.79 Å².